The van der Waals surface area contributed by atoms with Gasteiger partial charge in [0.2, 0.25) is 5.91 Å². The van der Waals surface area contributed by atoms with Gasteiger partial charge in [-0.15, -0.1) is 0 Å². The third-order valence-electron chi connectivity index (χ3n) is 4.48. The lowest BCUT2D eigenvalue weighted by molar-refractivity contribution is -0.121. The highest BCUT2D eigenvalue weighted by atomic mass is 16.1. The van der Waals surface area contributed by atoms with Crippen LogP contribution in [0.2, 0.25) is 0 Å². The Kier molecular flexibility index (Phi) is 5.27. The summed E-state index contributed by atoms with van der Waals surface area (Å²) in [5.74, 6) is 0.796. The van der Waals surface area contributed by atoms with Crippen LogP contribution in [-0.2, 0) is 11.2 Å². The molecular formula is C18H28N2O. The monoisotopic (exact) mass is 288 g/mol. The molecule has 1 amide bonds. The fourth-order valence-electron chi connectivity index (χ4n) is 3.68. The number of amides is 1. The van der Waals surface area contributed by atoms with Crippen molar-refractivity contribution in [3.05, 3.63) is 29.8 Å². The van der Waals surface area contributed by atoms with E-state index < -0.39 is 0 Å². The van der Waals surface area contributed by atoms with Crippen LogP contribution in [0, 0.1) is 11.3 Å². The van der Waals surface area contributed by atoms with Crippen molar-refractivity contribution < 1.29 is 4.79 Å². The van der Waals surface area contributed by atoms with Gasteiger partial charge >= 0.3 is 0 Å². The van der Waals surface area contributed by atoms with Crippen LogP contribution in [-0.4, -0.2) is 12.5 Å². The zero-order valence-corrected chi connectivity index (χ0v) is 13.3. The van der Waals surface area contributed by atoms with E-state index in [0.717, 1.165) is 12.1 Å². The quantitative estimate of drug-likeness (QED) is 0.787. The van der Waals surface area contributed by atoms with Gasteiger partial charge in [-0.3, -0.25) is 4.79 Å². The van der Waals surface area contributed by atoms with Crippen molar-refractivity contribution in [2.45, 2.75) is 52.4 Å². The van der Waals surface area contributed by atoms with Gasteiger partial charge in [0.1, 0.15) is 0 Å². The molecule has 0 heterocycles. The molecule has 1 saturated carbocycles. The molecule has 0 spiro atoms. The fourth-order valence-corrected chi connectivity index (χ4v) is 3.68. The smallest absolute Gasteiger partial charge is 0.224 e. The molecule has 116 valence electrons. The van der Waals surface area contributed by atoms with Gasteiger partial charge in [0.25, 0.3) is 0 Å². The number of carbonyl (C=O) groups excluding carboxylic acids is 1. The van der Waals surface area contributed by atoms with E-state index >= 15 is 0 Å². The maximum absolute atomic E-state index is 12.2. The average molecular weight is 288 g/mol. The highest BCUT2D eigenvalue weighted by Crippen LogP contribution is 2.42. The van der Waals surface area contributed by atoms with Crippen molar-refractivity contribution >= 4 is 11.6 Å². The molecule has 3 N–H and O–H groups in total. The molecule has 0 bridgehead atoms. The van der Waals surface area contributed by atoms with Crippen molar-refractivity contribution in [2.24, 2.45) is 11.3 Å². The molecule has 0 unspecified atom stereocenters. The zero-order chi connectivity index (χ0) is 15.3. The van der Waals surface area contributed by atoms with Crippen molar-refractivity contribution in [3.8, 4) is 0 Å². The SMILES string of the molecule is CC(C)CC1(CNC(=O)Cc2cccc(N)c2)CCCC1. The zero-order valence-electron chi connectivity index (χ0n) is 13.3. The van der Waals surface area contributed by atoms with Crippen LogP contribution in [0.5, 0.6) is 0 Å². The number of nitrogens with two attached hydrogens (primary N) is 1. The van der Waals surface area contributed by atoms with Gasteiger partial charge in [-0.25, -0.2) is 0 Å². The second-order valence-electron chi connectivity index (χ2n) is 7.00. The first-order valence-electron chi connectivity index (χ1n) is 8.10. The first-order valence-corrected chi connectivity index (χ1v) is 8.10. The maximum atomic E-state index is 12.2. The molecule has 2 rings (SSSR count). The molecule has 1 aliphatic rings. The Bertz CT molecular complexity index is 476. The minimum absolute atomic E-state index is 0.107. The third-order valence-corrected chi connectivity index (χ3v) is 4.48. The van der Waals surface area contributed by atoms with Crippen LogP contribution in [0.1, 0.15) is 51.5 Å². The van der Waals surface area contributed by atoms with Gasteiger partial charge in [-0.2, -0.15) is 0 Å². The van der Waals surface area contributed by atoms with Crippen LogP contribution in [0.15, 0.2) is 24.3 Å². The summed E-state index contributed by atoms with van der Waals surface area (Å²) in [5.41, 5.74) is 7.78. The molecule has 1 aromatic carbocycles. The molecule has 3 nitrogen and oxygen atoms in total. The van der Waals surface area contributed by atoms with E-state index in [0.29, 0.717) is 23.4 Å². The number of hydrogen-bond donors (Lipinski definition) is 2. The largest absolute Gasteiger partial charge is 0.399 e. The number of rotatable bonds is 6. The summed E-state index contributed by atoms with van der Waals surface area (Å²) in [5, 5.41) is 3.16. The van der Waals surface area contributed by atoms with Gasteiger partial charge < -0.3 is 11.1 Å². The van der Waals surface area contributed by atoms with Crippen molar-refractivity contribution in [3.63, 3.8) is 0 Å². The fraction of sp³-hybridized carbons (Fsp3) is 0.611. The molecule has 3 heteroatoms. The predicted octanol–water partition coefficient (Wildman–Crippen LogP) is 3.53. The van der Waals surface area contributed by atoms with E-state index in [1.165, 1.54) is 32.1 Å². The Balaban J connectivity index is 1.87. The molecular weight excluding hydrogens is 260 g/mol. The van der Waals surface area contributed by atoms with Crippen LogP contribution in [0.25, 0.3) is 0 Å². The highest BCUT2D eigenvalue weighted by molar-refractivity contribution is 5.78. The number of carbonyl (C=O) groups is 1. The number of nitrogen functional groups attached to an aromatic ring is 1. The Morgan fingerprint density at radius 3 is 2.67 bits per heavy atom. The van der Waals surface area contributed by atoms with Crippen molar-refractivity contribution in [2.75, 3.05) is 12.3 Å². The number of anilines is 1. The van der Waals surface area contributed by atoms with E-state index in [1.807, 2.05) is 24.3 Å². The minimum Gasteiger partial charge on any atom is -0.399 e. The van der Waals surface area contributed by atoms with Gasteiger partial charge in [-0.05, 0) is 48.3 Å². The van der Waals surface area contributed by atoms with Gasteiger partial charge in [-0.1, -0.05) is 38.8 Å². The first-order chi connectivity index (χ1) is 9.99. The Morgan fingerprint density at radius 2 is 2.05 bits per heavy atom. The normalized spacial score (nSPS) is 17.1. The summed E-state index contributed by atoms with van der Waals surface area (Å²) in [6.07, 6.45) is 6.75. The second-order valence-corrected chi connectivity index (χ2v) is 7.00. The highest BCUT2D eigenvalue weighted by Gasteiger charge is 2.34. The van der Waals surface area contributed by atoms with Crippen molar-refractivity contribution in [1.29, 1.82) is 0 Å². The second kappa shape index (κ2) is 6.97. The van der Waals surface area contributed by atoms with Crippen LogP contribution in [0.3, 0.4) is 0 Å². The molecule has 0 atom stereocenters. The first kappa shape index (κ1) is 15.9. The summed E-state index contributed by atoms with van der Waals surface area (Å²) >= 11 is 0. The number of hydrogen-bond acceptors (Lipinski definition) is 2. The lowest BCUT2D eigenvalue weighted by atomic mass is 9.78. The molecule has 0 radical (unpaired) electrons. The Hall–Kier alpha value is -1.51. The minimum atomic E-state index is 0.107. The summed E-state index contributed by atoms with van der Waals surface area (Å²) in [6, 6.07) is 7.57. The summed E-state index contributed by atoms with van der Waals surface area (Å²) in [7, 11) is 0. The van der Waals surface area contributed by atoms with Crippen LogP contribution < -0.4 is 11.1 Å². The molecule has 0 aromatic heterocycles. The topological polar surface area (TPSA) is 55.1 Å². The van der Waals surface area contributed by atoms with Crippen LogP contribution >= 0.6 is 0 Å². The summed E-state index contributed by atoms with van der Waals surface area (Å²) in [4.78, 5) is 12.2. The molecule has 21 heavy (non-hydrogen) atoms. The number of nitrogens with one attached hydrogen (secondary N) is 1. The van der Waals surface area contributed by atoms with E-state index in [1.54, 1.807) is 0 Å². The average Bonchev–Trinajstić information content (AvgIpc) is 2.84. The standard InChI is InChI=1S/C18H28N2O/c1-14(2)12-18(8-3-4-9-18)13-20-17(21)11-15-6-5-7-16(19)10-15/h5-7,10,14H,3-4,8-9,11-13,19H2,1-2H3,(H,20,21). The number of benzene rings is 1. The molecule has 0 aliphatic heterocycles. The van der Waals surface area contributed by atoms with E-state index in [2.05, 4.69) is 19.2 Å². The van der Waals surface area contributed by atoms with Crippen molar-refractivity contribution in [1.82, 2.24) is 5.32 Å². The van der Waals surface area contributed by atoms with E-state index in [-0.39, 0.29) is 5.91 Å². The van der Waals surface area contributed by atoms with Gasteiger partial charge in [0, 0.05) is 12.2 Å². The van der Waals surface area contributed by atoms with Crippen LogP contribution in [0.4, 0.5) is 5.69 Å². The third kappa shape index (κ3) is 4.76. The Morgan fingerprint density at radius 1 is 1.33 bits per heavy atom. The molecule has 0 saturated heterocycles. The summed E-state index contributed by atoms with van der Waals surface area (Å²) in [6.45, 7) is 5.37. The predicted molar refractivity (Wildman–Crippen MR) is 87.9 cm³/mol. The molecule has 1 fully saturated rings. The lowest BCUT2D eigenvalue weighted by Gasteiger charge is -2.31. The van der Waals surface area contributed by atoms with E-state index in [9.17, 15) is 4.79 Å². The molecule has 1 aromatic rings. The maximum Gasteiger partial charge on any atom is 0.224 e. The summed E-state index contributed by atoms with van der Waals surface area (Å²) < 4.78 is 0. The lowest BCUT2D eigenvalue weighted by Crippen LogP contribution is -2.37. The van der Waals surface area contributed by atoms with E-state index in [4.69, 9.17) is 5.73 Å². The van der Waals surface area contributed by atoms with Gasteiger partial charge in [0.05, 0.1) is 6.42 Å². The Labute approximate surface area is 128 Å². The molecule has 1 aliphatic carbocycles. The van der Waals surface area contributed by atoms with Gasteiger partial charge in [0.15, 0.2) is 0 Å².